The highest BCUT2D eigenvalue weighted by Crippen LogP contribution is 2.21. The summed E-state index contributed by atoms with van der Waals surface area (Å²) in [6.07, 6.45) is 16.8. The van der Waals surface area contributed by atoms with Crippen LogP contribution in [0.25, 0.3) is 10.9 Å². The van der Waals surface area contributed by atoms with Gasteiger partial charge in [0, 0.05) is 17.1 Å². The van der Waals surface area contributed by atoms with Crippen molar-refractivity contribution in [1.82, 2.24) is 4.57 Å². The van der Waals surface area contributed by atoms with E-state index in [1.807, 2.05) is 24.3 Å². The molecule has 0 atom stereocenters. The third-order valence-electron chi connectivity index (χ3n) is 5.57. The van der Waals surface area contributed by atoms with E-state index in [2.05, 4.69) is 6.92 Å². The van der Waals surface area contributed by atoms with Gasteiger partial charge in [-0.3, -0.25) is 4.57 Å². The summed E-state index contributed by atoms with van der Waals surface area (Å²) in [5.74, 6) is 0. The Balaban J connectivity index is 1.47. The first-order valence-corrected chi connectivity index (χ1v) is 11.7. The molecular weight excluding hydrogens is 378 g/mol. The summed E-state index contributed by atoms with van der Waals surface area (Å²) >= 11 is 0. The number of aliphatic hydroxyl groups excluding tert-OH is 1. The third-order valence-corrected chi connectivity index (χ3v) is 5.57. The topological polar surface area (TPSA) is 60.7 Å². The predicted octanol–water partition coefficient (Wildman–Crippen LogP) is 6.79. The van der Waals surface area contributed by atoms with Crippen LogP contribution in [-0.4, -0.2) is 29.2 Å². The van der Waals surface area contributed by atoms with E-state index in [9.17, 15) is 9.90 Å². The number of unbranched alkanes of at least 4 members (excludes halogenated alkanes) is 11. The van der Waals surface area contributed by atoms with Crippen LogP contribution in [0.3, 0.4) is 0 Å². The Kier molecular flexibility index (Phi) is 12.2. The van der Waals surface area contributed by atoms with Crippen LogP contribution in [-0.2, 0) is 16.1 Å². The Morgan fingerprint density at radius 2 is 1.50 bits per heavy atom. The number of nitrogens with zero attached hydrogens (tertiary/aromatic N) is 1. The number of carbonyl (C=O) groups is 1. The molecule has 0 aliphatic rings. The van der Waals surface area contributed by atoms with Crippen LogP contribution in [0.15, 0.2) is 30.5 Å². The molecule has 1 N–H and O–H groups in total. The Labute approximate surface area is 181 Å². The molecule has 1 aromatic heterocycles. The highest BCUT2D eigenvalue weighted by molar-refractivity contribution is 5.91. The molecule has 0 saturated carbocycles. The van der Waals surface area contributed by atoms with Gasteiger partial charge in [-0.25, -0.2) is 4.79 Å². The van der Waals surface area contributed by atoms with Crippen molar-refractivity contribution in [3.63, 3.8) is 0 Å². The van der Waals surface area contributed by atoms with Gasteiger partial charge in [0.1, 0.15) is 0 Å². The van der Waals surface area contributed by atoms with Gasteiger partial charge in [-0.2, -0.15) is 0 Å². The number of rotatable bonds is 16. The maximum absolute atomic E-state index is 12.3. The van der Waals surface area contributed by atoms with E-state index >= 15 is 0 Å². The van der Waals surface area contributed by atoms with Gasteiger partial charge in [-0.05, 0) is 12.5 Å². The van der Waals surface area contributed by atoms with Gasteiger partial charge in [0.25, 0.3) is 0 Å². The van der Waals surface area contributed by atoms with Crippen LogP contribution in [0.5, 0.6) is 0 Å². The second-order valence-corrected chi connectivity index (χ2v) is 8.03. The Bertz CT molecular complexity index is 725. The van der Waals surface area contributed by atoms with Crippen molar-refractivity contribution in [2.45, 2.75) is 90.6 Å². The number of benzene rings is 1. The first-order valence-electron chi connectivity index (χ1n) is 11.7. The van der Waals surface area contributed by atoms with Crippen molar-refractivity contribution in [3.05, 3.63) is 36.0 Å². The van der Waals surface area contributed by atoms with Gasteiger partial charge in [-0.15, -0.1) is 0 Å². The van der Waals surface area contributed by atoms with Gasteiger partial charge < -0.3 is 14.6 Å². The number of aromatic nitrogens is 1. The number of ether oxygens (including phenoxy) is 2. The first kappa shape index (κ1) is 24.4. The summed E-state index contributed by atoms with van der Waals surface area (Å²) in [4.78, 5) is 12.3. The monoisotopic (exact) mass is 417 g/mol. The van der Waals surface area contributed by atoms with Crippen LogP contribution in [0, 0.1) is 0 Å². The number of hydrogen-bond donors (Lipinski definition) is 1. The van der Waals surface area contributed by atoms with Crippen molar-refractivity contribution in [3.8, 4) is 0 Å². The number of fused-ring (bicyclic) bond motifs is 1. The molecule has 0 aliphatic heterocycles. The minimum absolute atomic E-state index is 0.0438. The largest absolute Gasteiger partial charge is 0.422 e. The summed E-state index contributed by atoms with van der Waals surface area (Å²) < 4.78 is 12.1. The fourth-order valence-corrected chi connectivity index (χ4v) is 3.79. The van der Waals surface area contributed by atoms with Crippen molar-refractivity contribution in [2.24, 2.45) is 0 Å². The van der Waals surface area contributed by atoms with E-state index in [0.717, 1.165) is 23.7 Å². The average molecular weight is 418 g/mol. The predicted molar refractivity (Wildman–Crippen MR) is 122 cm³/mol. The fourth-order valence-electron chi connectivity index (χ4n) is 3.79. The second-order valence-electron chi connectivity index (χ2n) is 8.03. The molecule has 2 aromatic rings. The zero-order valence-corrected chi connectivity index (χ0v) is 18.6. The highest BCUT2D eigenvalue weighted by atomic mass is 16.7. The van der Waals surface area contributed by atoms with E-state index in [-0.39, 0.29) is 13.4 Å². The molecule has 5 heteroatoms. The Hall–Kier alpha value is -1.85. The Morgan fingerprint density at radius 3 is 2.13 bits per heavy atom. The second kappa shape index (κ2) is 15.0. The molecule has 0 bridgehead atoms. The standard InChI is InChI=1S/C25H39NO4/c1-2-3-4-5-6-7-8-9-10-11-12-15-18-29-21-30-25(28)26-19-22(20-27)23-16-13-14-17-24(23)26/h13-14,16-17,19,27H,2-12,15,18,20-21H2,1H3. The quantitative estimate of drug-likeness (QED) is 0.241. The smallest absolute Gasteiger partial charge is 0.420 e. The molecule has 0 aliphatic carbocycles. The molecule has 0 spiro atoms. The molecule has 1 aromatic carbocycles. The summed E-state index contributed by atoms with van der Waals surface area (Å²) in [5.41, 5.74) is 1.44. The number of aliphatic hydroxyl groups is 1. The summed E-state index contributed by atoms with van der Waals surface area (Å²) in [5, 5.41) is 10.3. The molecule has 2 rings (SSSR count). The lowest BCUT2D eigenvalue weighted by atomic mass is 10.1. The van der Waals surface area contributed by atoms with Crippen LogP contribution in [0.4, 0.5) is 4.79 Å². The molecule has 1 heterocycles. The average Bonchev–Trinajstić information content (AvgIpc) is 3.15. The SMILES string of the molecule is CCCCCCCCCCCCCCOCOC(=O)n1cc(CO)c2ccccc21. The van der Waals surface area contributed by atoms with Gasteiger partial charge in [0.15, 0.2) is 6.79 Å². The molecule has 0 unspecified atom stereocenters. The summed E-state index contributed by atoms with van der Waals surface area (Å²) in [6, 6.07) is 7.46. The molecule has 5 nitrogen and oxygen atoms in total. The lowest BCUT2D eigenvalue weighted by molar-refractivity contribution is -0.0155. The minimum Gasteiger partial charge on any atom is -0.422 e. The van der Waals surface area contributed by atoms with Gasteiger partial charge >= 0.3 is 6.09 Å². The van der Waals surface area contributed by atoms with Gasteiger partial charge in [0.2, 0.25) is 0 Å². The molecule has 0 radical (unpaired) electrons. The van der Waals surface area contributed by atoms with Crippen LogP contribution in [0.1, 0.15) is 89.5 Å². The molecule has 0 fully saturated rings. The van der Waals surface area contributed by atoms with Crippen molar-refractivity contribution < 1.29 is 19.4 Å². The van der Waals surface area contributed by atoms with Crippen LogP contribution >= 0.6 is 0 Å². The van der Waals surface area contributed by atoms with Crippen molar-refractivity contribution in [1.29, 1.82) is 0 Å². The third kappa shape index (κ3) is 8.49. The number of carbonyl (C=O) groups excluding carboxylic acids is 1. The molecule has 0 amide bonds. The normalized spacial score (nSPS) is 11.3. The van der Waals surface area contributed by atoms with Gasteiger partial charge in [0.05, 0.1) is 18.7 Å². The molecule has 0 saturated heterocycles. The van der Waals surface area contributed by atoms with Crippen molar-refractivity contribution >= 4 is 17.0 Å². The molecule has 30 heavy (non-hydrogen) atoms. The maximum atomic E-state index is 12.3. The zero-order chi connectivity index (χ0) is 21.4. The van der Waals surface area contributed by atoms with Crippen LogP contribution in [0.2, 0.25) is 0 Å². The number of para-hydroxylation sites is 1. The van der Waals surface area contributed by atoms with Crippen LogP contribution < -0.4 is 0 Å². The first-order chi connectivity index (χ1) is 14.8. The highest BCUT2D eigenvalue weighted by Gasteiger charge is 2.13. The van der Waals surface area contributed by atoms with E-state index in [0.29, 0.717) is 12.2 Å². The fraction of sp³-hybridized carbons (Fsp3) is 0.640. The number of hydrogen-bond acceptors (Lipinski definition) is 4. The Morgan fingerprint density at radius 1 is 0.900 bits per heavy atom. The van der Waals surface area contributed by atoms with Gasteiger partial charge in [-0.1, -0.05) is 95.8 Å². The summed E-state index contributed by atoms with van der Waals surface area (Å²) in [6.45, 7) is 2.71. The molecule has 168 valence electrons. The van der Waals surface area contributed by atoms with E-state index in [4.69, 9.17) is 9.47 Å². The maximum Gasteiger partial charge on any atom is 0.420 e. The van der Waals surface area contributed by atoms with Crippen molar-refractivity contribution in [2.75, 3.05) is 13.4 Å². The minimum atomic E-state index is -0.486. The van der Waals surface area contributed by atoms with E-state index in [1.165, 1.54) is 68.8 Å². The zero-order valence-electron chi connectivity index (χ0n) is 18.6. The molecular formula is C25H39NO4. The van der Waals surface area contributed by atoms with E-state index < -0.39 is 6.09 Å². The summed E-state index contributed by atoms with van der Waals surface area (Å²) in [7, 11) is 0. The lowest BCUT2D eigenvalue weighted by Crippen LogP contribution is -2.15. The van der Waals surface area contributed by atoms with E-state index in [1.54, 1.807) is 6.20 Å². The lowest BCUT2D eigenvalue weighted by Gasteiger charge is -2.07.